The molecule has 13 heavy (non-hydrogen) atoms. The number of aromatic nitrogens is 3. The largest absolute Gasteiger partial charge is 0.249 e. The molecule has 0 saturated carbocycles. The number of nitrogens with zero attached hydrogens (tertiary/aromatic N) is 3. The molecule has 3 nitrogen and oxygen atoms in total. The van der Waals surface area contributed by atoms with Crippen LogP contribution in [0.15, 0.2) is 24.1 Å². The summed E-state index contributed by atoms with van der Waals surface area (Å²) in [6.45, 7) is 0. The highest BCUT2D eigenvalue weighted by Gasteiger charge is 2.03. The molecule has 0 atom stereocenters. The zero-order valence-corrected chi connectivity index (χ0v) is 8.22. The molecule has 0 aliphatic heterocycles. The Morgan fingerprint density at radius 2 is 2.31 bits per heavy atom. The van der Waals surface area contributed by atoms with Crippen molar-refractivity contribution in [1.82, 2.24) is 15.0 Å². The van der Waals surface area contributed by atoms with Crippen LogP contribution in [0.4, 0.5) is 0 Å². The van der Waals surface area contributed by atoms with Gasteiger partial charge in [0.1, 0.15) is 11.5 Å². The summed E-state index contributed by atoms with van der Waals surface area (Å²) in [7, 11) is 0. The molecule has 2 heterocycles. The van der Waals surface area contributed by atoms with Crippen molar-refractivity contribution in [3.63, 3.8) is 0 Å². The van der Waals surface area contributed by atoms with E-state index in [1.54, 1.807) is 23.7 Å². The Labute approximate surface area is 84.5 Å². The summed E-state index contributed by atoms with van der Waals surface area (Å²) in [6, 6.07) is 0. The van der Waals surface area contributed by atoms with E-state index in [0.717, 1.165) is 10.6 Å². The van der Waals surface area contributed by atoms with Crippen molar-refractivity contribution in [2.45, 2.75) is 6.42 Å². The maximum atomic E-state index is 5.87. The maximum absolute atomic E-state index is 5.87. The van der Waals surface area contributed by atoms with E-state index < -0.39 is 0 Å². The molecule has 2 aromatic heterocycles. The van der Waals surface area contributed by atoms with Crippen LogP contribution in [0.2, 0.25) is 5.15 Å². The lowest BCUT2D eigenvalue weighted by Crippen LogP contribution is -1.91. The fraction of sp³-hybridized carbons (Fsp3) is 0.125. The number of halogens is 1. The highest BCUT2D eigenvalue weighted by atomic mass is 35.5. The molecular formula is C8H6ClN3S. The molecule has 5 heteroatoms. The molecule has 66 valence electrons. The minimum absolute atomic E-state index is 0.505. The van der Waals surface area contributed by atoms with Gasteiger partial charge in [-0.2, -0.15) is 0 Å². The first-order valence-corrected chi connectivity index (χ1v) is 4.95. The normalized spacial score (nSPS) is 10.2. The van der Waals surface area contributed by atoms with Gasteiger partial charge >= 0.3 is 0 Å². The molecule has 0 unspecified atom stereocenters. The molecule has 0 amide bonds. The predicted molar refractivity (Wildman–Crippen MR) is 52.0 cm³/mol. The molecular weight excluding hydrogens is 206 g/mol. The van der Waals surface area contributed by atoms with E-state index in [2.05, 4.69) is 15.0 Å². The van der Waals surface area contributed by atoms with Crippen molar-refractivity contribution in [1.29, 1.82) is 0 Å². The topological polar surface area (TPSA) is 38.7 Å². The van der Waals surface area contributed by atoms with Gasteiger partial charge in [0.25, 0.3) is 0 Å². The van der Waals surface area contributed by atoms with Gasteiger partial charge in [-0.15, -0.1) is 11.3 Å². The summed E-state index contributed by atoms with van der Waals surface area (Å²) in [6.07, 6.45) is 5.64. The fourth-order valence-electron chi connectivity index (χ4n) is 0.965. The smallest absolute Gasteiger partial charge is 0.136 e. The summed E-state index contributed by atoms with van der Waals surface area (Å²) in [5.41, 5.74) is 0.916. The van der Waals surface area contributed by atoms with Gasteiger partial charge in [0.15, 0.2) is 0 Å². The van der Waals surface area contributed by atoms with Crippen LogP contribution in [0, 0.1) is 0 Å². The van der Waals surface area contributed by atoms with Gasteiger partial charge in [-0.3, -0.25) is 0 Å². The second kappa shape index (κ2) is 3.81. The SMILES string of the molecule is Clc1ncncc1Cc1nccs1. The van der Waals surface area contributed by atoms with Crippen molar-refractivity contribution in [3.8, 4) is 0 Å². The lowest BCUT2D eigenvalue weighted by atomic mass is 10.2. The van der Waals surface area contributed by atoms with Gasteiger partial charge in [0.2, 0.25) is 0 Å². The highest BCUT2D eigenvalue weighted by Crippen LogP contribution is 2.16. The third kappa shape index (κ3) is 2.02. The molecule has 0 fully saturated rings. The Hall–Kier alpha value is -1.000. The van der Waals surface area contributed by atoms with Gasteiger partial charge in [-0.25, -0.2) is 15.0 Å². The second-order valence-corrected chi connectivity index (χ2v) is 3.78. The van der Waals surface area contributed by atoms with E-state index in [1.165, 1.54) is 6.33 Å². The summed E-state index contributed by atoms with van der Waals surface area (Å²) < 4.78 is 0. The van der Waals surface area contributed by atoms with E-state index in [1.807, 2.05) is 5.38 Å². The number of thiazole rings is 1. The van der Waals surface area contributed by atoms with Crippen LogP contribution >= 0.6 is 22.9 Å². The molecule has 0 aliphatic carbocycles. The van der Waals surface area contributed by atoms with Crippen molar-refractivity contribution >= 4 is 22.9 Å². The van der Waals surface area contributed by atoms with Crippen molar-refractivity contribution < 1.29 is 0 Å². The molecule has 2 rings (SSSR count). The van der Waals surface area contributed by atoms with Crippen LogP contribution in [0.3, 0.4) is 0 Å². The van der Waals surface area contributed by atoms with Gasteiger partial charge in [-0.05, 0) is 0 Å². The third-order valence-corrected chi connectivity index (χ3v) is 2.68. The quantitative estimate of drug-likeness (QED) is 0.715. The van der Waals surface area contributed by atoms with E-state index in [-0.39, 0.29) is 0 Å². The number of hydrogen-bond acceptors (Lipinski definition) is 4. The number of hydrogen-bond donors (Lipinski definition) is 0. The summed E-state index contributed by atoms with van der Waals surface area (Å²) in [5.74, 6) is 0. The first-order valence-electron chi connectivity index (χ1n) is 3.69. The average Bonchev–Trinajstić information content (AvgIpc) is 2.61. The van der Waals surface area contributed by atoms with Crippen LogP contribution in [-0.2, 0) is 6.42 Å². The van der Waals surface area contributed by atoms with Crippen LogP contribution in [0.1, 0.15) is 10.6 Å². The van der Waals surface area contributed by atoms with Gasteiger partial charge in [0, 0.05) is 29.8 Å². The summed E-state index contributed by atoms with van der Waals surface area (Å²) >= 11 is 7.47. The molecule has 0 radical (unpaired) electrons. The minimum Gasteiger partial charge on any atom is -0.249 e. The second-order valence-electron chi connectivity index (χ2n) is 2.44. The van der Waals surface area contributed by atoms with Crippen molar-refractivity contribution in [2.24, 2.45) is 0 Å². The molecule has 0 aliphatic rings. The van der Waals surface area contributed by atoms with Crippen LogP contribution < -0.4 is 0 Å². The molecule has 0 N–H and O–H groups in total. The maximum Gasteiger partial charge on any atom is 0.136 e. The van der Waals surface area contributed by atoms with Crippen LogP contribution in [0.5, 0.6) is 0 Å². The Kier molecular flexibility index (Phi) is 2.52. The van der Waals surface area contributed by atoms with Gasteiger partial charge in [0.05, 0.1) is 5.01 Å². The summed E-state index contributed by atoms with van der Waals surface area (Å²) in [4.78, 5) is 12.0. The standard InChI is InChI=1S/C8H6ClN3S/c9-8-6(4-10-5-12-8)3-7-11-1-2-13-7/h1-2,4-5H,3H2. The molecule has 0 bridgehead atoms. The van der Waals surface area contributed by atoms with Crippen molar-refractivity contribution in [3.05, 3.63) is 39.8 Å². The van der Waals surface area contributed by atoms with E-state index in [9.17, 15) is 0 Å². The first-order chi connectivity index (χ1) is 6.36. The molecule has 0 spiro atoms. The molecule has 0 saturated heterocycles. The number of rotatable bonds is 2. The molecule has 2 aromatic rings. The van der Waals surface area contributed by atoms with Crippen LogP contribution in [-0.4, -0.2) is 15.0 Å². The van der Waals surface area contributed by atoms with Crippen LogP contribution in [0.25, 0.3) is 0 Å². The lowest BCUT2D eigenvalue weighted by Gasteiger charge is -1.97. The average molecular weight is 212 g/mol. The van der Waals surface area contributed by atoms with E-state index in [0.29, 0.717) is 11.6 Å². The Balaban J connectivity index is 2.24. The van der Waals surface area contributed by atoms with E-state index in [4.69, 9.17) is 11.6 Å². The zero-order valence-electron chi connectivity index (χ0n) is 6.64. The third-order valence-electron chi connectivity index (χ3n) is 1.56. The Morgan fingerprint density at radius 3 is 3.00 bits per heavy atom. The monoisotopic (exact) mass is 211 g/mol. The first kappa shape index (κ1) is 8.59. The summed E-state index contributed by atoms with van der Waals surface area (Å²) in [5, 5.41) is 3.47. The minimum atomic E-state index is 0.505. The van der Waals surface area contributed by atoms with E-state index >= 15 is 0 Å². The van der Waals surface area contributed by atoms with Gasteiger partial charge in [-0.1, -0.05) is 11.6 Å². The van der Waals surface area contributed by atoms with Crippen molar-refractivity contribution in [2.75, 3.05) is 0 Å². The predicted octanol–water partition coefficient (Wildman–Crippen LogP) is 2.18. The van der Waals surface area contributed by atoms with Gasteiger partial charge < -0.3 is 0 Å². The molecule has 0 aromatic carbocycles. The Morgan fingerprint density at radius 1 is 1.38 bits per heavy atom. The lowest BCUT2D eigenvalue weighted by molar-refractivity contribution is 1.05. The zero-order chi connectivity index (χ0) is 9.10. The Bertz CT molecular complexity index is 388. The highest BCUT2D eigenvalue weighted by molar-refractivity contribution is 7.09. The fourth-order valence-corrected chi connectivity index (χ4v) is 1.76.